The van der Waals surface area contributed by atoms with Crippen LogP contribution in [-0.4, -0.2) is 60.9 Å². The molecule has 1 aromatic carbocycles. The summed E-state index contributed by atoms with van der Waals surface area (Å²) in [5.74, 6) is -0.671. The maximum absolute atomic E-state index is 13.5. The fourth-order valence-electron chi connectivity index (χ4n) is 2.35. The van der Waals surface area contributed by atoms with Crippen molar-refractivity contribution in [3.63, 3.8) is 0 Å². The summed E-state index contributed by atoms with van der Waals surface area (Å²) < 4.78 is 51.2. The van der Waals surface area contributed by atoms with E-state index in [2.05, 4.69) is 0 Å². The van der Waals surface area contributed by atoms with Gasteiger partial charge in [-0.15, -0.1) is 0 Å². The molecule has 0 unspecified atom stereocenters. The highest BCUT2D eigenvalue weighted by molar-refractivity contribution is 6.47. The van der Waals surface area contributed by atoms with Gasteiger partial charge in [0.2, 0.25) is 0 Å². The molecule has 1 radical (unpaired) electrons. The van der Waals surface area contributed by atoms with Crippen molar-refractivity contribution in [3.8, 4) is 0 Å². The van der Waals surface area contributed by atoms with Crippen LogP contribution < -0.4 is 5.46 Å². The van der Waals surface area contributed by atoms with E-state index in [4.69, 9.17) is 9.39 Å². The minimum absolute atomic E-state index is 0.151. The quantitative estimate of drug-likeness (QED) is 0.787. The van der Waals surface area contributed by atoms with Crippen molar-refractivity contribution in [3.05, 3.63) is 29.3 Å². The lowest BCUT2D eigenvalue weighted by atomic mass is 9.81. The predicted octanol–water partition coefficient (Wildman–Crippen LogP) is 1.99. The zero-order chi connectivity index (χ0) is 20.5. The Morgan fingerprint density at radius 1 is 1.19 bits per heavy atom. The number of morpholine rings is 1. The van der Waals surface area contributed by atoms with E-state index >= 15 is 0 Å². The molecule has 1 aliphatic heterocycles. The fraction of sp³-hybridized carbons (Fsp3) is 0.611. The molecule has 0 saturated carbocycles. The number of carbonyl (C=O) groups is 1. The number of benzene rings is 1. The average Bonchev–Trinajstić information content (AvgIpc) is 2.58. The average molecular weight is 386 g/mol. The van der Waals surface area contributed by atoms with Crippen molar-refractivity contribution < 1.29 is 32.5 Å². The van der Waals surface area contributed by atoms with Gasteiger partial charge in [0.25, 0.3) is 5.91 Å². The molecule has 27 heavy (non-hydrogen) atoms. The highest BCUT2D eigenvalue weighted by Crippen LogP contribution is 2.32. The lowest BCUT2D eigenvalue weighted by molar-refractivity contribution is -0.138. The molecule has 1 amide bonds. The Morgan fingerprint density at radius 3 is 2.30 bits per heavy atom. The molecule has 0 aliphatic carbocycles. The van der Waals surface area contributed by atoms with Gasteiger partial charge in [0.05, 0.1) is 35.5 Å². The first-order valence-corrected chi connectivity index (χ1v) is 8.64. The predicted molar refractivity (Wildman–Crippen MR) is 95.0 cm³/mol. The lowest BCUT2D eigenvalue weighted by Gasteiger charge is -2.37. The second-order valence-electron chi connectivity index (χ2n) is 7.51. The molecular formula is C18H24BF3NO4. The van der Waals surface area contributed by atoms with E-state index in [0.29, 0.717) is 13.2 Å². The molecule has 0 aromatic heterocycles. The molecule has 1 aromatic rings. The van der Waals surface area contributed by atoms with E-state index in [0.717, 1.165) is 19.6 Å². The molecule has 1 saturated heterocycles. The third-order valence-electron chi connectivity index (χ3n) is 4.84. The molecule has 9 heteroatoms. The Bertz CT molecular complexity index is 680. The molecule has 149 valence electrons. The number of rotatable bonds is 5. The van der Waals surface area contributed by atoms with Gasteiger partial charge in [-0.2, -0.15) is 13.2 Å². The van der Waals surface area contributed by atoms with Gasteiger partial charge in [0.15, 0.2) is 0 Å². The number of amides is 1. The van der Waals surface area contributed by atoms with E-state index in [9.17, 15) is 23.1 Å². The fourth-order valence-corrected chi connectivity index (χ4v) is 2.35. The summed E-state index contributed by atoms with van der Waals surface area (Å²) in [5, 5.41) is 10.1. The Kier molecular flexibility index (Phi) is 6.28. The van der Waals surface area contributed by atoms with Crippen LogP contribution in [0.25, 0.3) is 0 Å². The standard InChI is InChI=1S/C18H24BF3NO4/c1-16(2,25)17(3,4)27-19-12-5-6-13(14(11-12)18(20,21)22)15(24)23-7-9-26-10-8-23/h5-6,11,25H,7-10H2,1-4H3. The summed E-state index contributed by atoms with van der Waals surface area (Å²) in [4.78, 5) is 13.9. The van der Waals surface area contributed by atoms with Crippen molar-refractivity contribution >= 4 is 18.9 Å². The molecule has 1 aliphatic rings. The van der Waals surface area contributed by atoms with Crippen molar-refractivity contribution in [2.45, 2.75) is 45.1 Å². The monoisotopic (exact) mass is 386 g/mol. The van der Waals surface area contributed by atoms with Crippen molar-refractivity contribution in [1.82, 2.24) is 4.90 Å². The normalized spacial score (nSPS) is 16.4. The van der Waals surface area contributed by atoms with Gasteiger partial charge in [-0.05, 0) is 33.8 Å². The maximum Gasteiger partial charge on any atom is 0.417 e. The van der Waals surface area contributed by atoms with Crippen LogP contribution >= 0.6 is 0 Å². The van der Waals surface area contributed by atoms with Gasteiger partial charge in [0, 0.05) is 13.1 Å². The zero-order valence-corrected chi connectivity index (χ0v) is 15.9. The van der Waals surface area contributed by atoms with Gasteiger partial charge < -0.3 is 19.4 Å². The first kappa shape index (κ1) is 21.7. The van der Waals surface area contributed by atoms with Crippen LogP contribution in [0.1, 0.15) is 43.6 Å². The highest BCUT2D eigenvalue weighted by Gasteiger charge is 2.38. The smallest absolute Gasteiger partial charge is 0.417 e. The van der Waals surface area contributed by atoms with Crippen molar-refractivity contribution in [2.24, 2.45) is 0 Å². The van der Waals surface area contributed by atoms with E-state index in [1.807, 2.05) is 0 Å². The second-order valence-corrected chi connectivity index (χ2v) is 7.51. The number of halogens is 3. The first-order valence-electron chi connectivity index (χ1n) is 8.64. The summed E-state index contributed by atoms with van der Waals surface area (Å²) in [6.07, 6.45) is -4.69. The van der Waals surface area contributed by atoms with Gasteiger partial charge in [0.1, 0.15) is 0 Å². The molecule has 0 atom stereocenters. The minimum Gasteiger partial charge on any atom is -0.427 e. The molecule has 5 nitrogen and oxygen atoms in total. The van der Waals surface area contributed by atoms with Crippen LogP contribution in [0, 0.1) is 0 Å². The third kappa shape index (κ3) is 5.24. The van der Waals surface area contributed by atoms with Crippen LogP contribution in [0.3, 0.4) is 0 Å². The summed E-state index contributed by atoms with van der Waals surface area (Å²) in [7, 11) is 1.16. The zero-order valence-electron chi connectivity index (χ0n) is 15.9. The topological polar surface area (TPSA) is 59.0 Å². The highest BCUT2D eigenvalue weighted by atomic mass is 19.4. The number of nitrogens with zero attached hydrogens (tertiary/aromatic N) is 1. The first-order chi connectivity index (χ1) is 12.3. The number of aliphatic hydroxyl groups is 1. The van der Waals surface area contributed by atoms with Crippen LogP contribution in [0.2, 0.25) is 0 Å². The van der Waals surface area contributed by atoms with E-state index in [1.54, 1.807) is 27.7 Å². The molecule has 2 rings (SSSR count). The molecular weight excluding hydrogens is 362 g/mol. The minimum atomic E-state index is -4.69. The second kappa shape index (κ2) is 7.81. The Hall–Kier alpha value is -1.58. The SMILES string of the molecule is CC(C)(O)C(C)(C)O[B]c1ccc(C(=O)N2CCOCC2)c(C(F)(F)F)c1. The van der Waals surface area contributed by atoms with Crippen molar-refractivity contribution in [1.29, 1.82) is 0 Å². The molecule has 1 N–H and O–H groups in total. The molecule has 1 heterocycles. The largest absolute Gasteiger partial charge is 0.427 e. The molecule has 0 spiro atoms. The summed E-state index contributed by atoms with van der Waals surface area (Å²) in [5.41, 5.74) is -3.49. The van der Waals surface area contributed by atoms with Gasteiger partial charge in [-0.25, -0.2) is 0 Å². The van der Waals surface area contributed by atoms with Crippen LogP contribution in [0.4, 0.5) is 13.2 Å². The third-order valence-corrected chi connectivity index (χ3v) is 4.84. The summed E-state index contributed by atoms with van der Waals surface area (Å²) in [6.45, 7) is 7.48. The van der Waals surface area contributed by atoms with Crippen LogP contribution in [-0.2, 0) is 15.6 Å². The summed E-state index contributed by atoms with van der Waals surface area (Å²) in [6, 6.07) is 3.43. The molecule has 0 bridgehead atoms. The number of ether oxygens (including phenoxy) is 1. The van der Waals surface area contributed by atoms with Gasteiger partial charge in [-0.3, -0.25) is 4.79 Å². The number of carbonyl (C=O) groups excluding carboxylic acids is 1. The van der Waals surface area contributed by atoms with Crippen molar-refractivity contribution in [2.75, 3.05) is 26.3 Å². The lowest BCUT2D eigenvalue weighted by Crippen LogP contribution is -2.49. The number of hydrogen-bond donors (Lipinski definition) is 1. The van der Waals surface area contributed by atoms with Crippen LogP contribution in [0.5, 0.6) is 0 Å². The van der Waals surface area contributed by atoms with Crippen LogP contribution in [0.15, 0.2) is 18.2 Å². The summed E-state index contributed by atoms with van der Waals surface area (Å²) >= 11 is 0. The number of hydrogen-bond acceptors (Lipinski definition) is 4. The van der Waals surface area contributed by atoms with E-state index in [-0.39, 0.29) is 18.6 Å². The maximum atomic E-state index is 13.5. The number of alkyl halides is 3. The van der Waals surface area contributed by atoms with E-state index in [1.165, 1.54) is 11.0 Å². The van der Waals surface area contributed by atoms with Gasteiger partial charge in [-0.1, -0.05) is 17.6 Å². The Balaban J connectivity index is 2.27. The van der Waals surface area contributed by atoms with E-state index < -0.39 is 34.4 Å². The molecule has 1 fully saturated rings. The Morgan fingerprint density at radius 2 is 1.78 bits per heavy atom. The van der Waals surface area contributed by atoms with Gasteiger partial charge >= 0.3 is 13.7 Å². The Labute approximate surface area is 157 Å².